The number of thiophene rings is 1. The molecular formula is C22H18N4O5S. The predicted octanol–water partition coefficient (Wildman–Crippen LogP) is 3.95. The van der Waals surface area contributed by atoms with Crippen molar-refractivity contribution in [2.75, 3.05) is 0 Å². The highest BCUT2D eigenvalue weighted by Gasteiger charge is 2.25. The summed E-state index contributed by atoms with van der Waals surface area (Å²) in [7, 11) is 0. The van der Waals surface area contributed by atoms with E-state index in [1.807, 2.05) is 17.5 Å². The summed E-state index contributed by atoms with van der Waals surface area (Å²) in [6.07, 6.45) is 1.51. The smallest absolute Gasteiger partial charge is 0.294 e. The Morgan fingerprint density at radius 2 is 2.00 bits per heavy atom. The van der Waals surface area contributed by atoms with E-state index in [1.165, 1.54) is 51.4 Å². The molecule has 1 aromatic carbocycles. The molecule has 0 bridgehead atoms. The molecule has 0 aliphatic rings. The number of nitrogens with zero attached hydrogens (tertiary/aromatic N) is 4. The van der Waals surface area contributed by atoms with E-state index in [0.717, 1.165) is 4.88 Å². The zero-order chi connectivity index (χ0) is 22.7. The quantitative estimate of drug-likeness (QED) is 0.311. The van der Waals surface area contributed by atoms with Gasteiger partial charge in [0.2, 0.25) is 5.43 Å². The Bertz CT molecular complexity index is 1280. The van der Waals surface area contributed by atoms with Crippen molar-refractivity contribution >= 4 is 22.9 Å². The van der Waals surface area contributed by atoms with Gasteiger partial charge in [0.25, 0.3) is 11.6 Å². The predicted molar refractivity (Wildman–Crippen MR) is 118 cm³/mol. The number of aryl methyl sites for hydroxylation is 1. The topological polar surface area (TPSA) is 111 Å². The molecular weight excluding hydrogens is 432 g/mol. The molecule has 0 saturated carbocycles. The first-order valence-corrected chi connectivity index (χ1v) is 10.5. The Balaban J connectivity index is 1.77. The van der Waals surface area contributed by atoms with E-state index in [4.69, 9.17) is 4.42 Å². The van der Waals surface area contributed by atoms with Crippen LogP contribution in [-0.2, 0) is 13.1 Å². The molecule has 0 saturated heterocycles. The van der Waals surface area contributed by atoms with Crippen molar-refractivity contribution in [1.29, 1.82) is 0 Å². The minimum Gasteiger partial charge on any atom is -0.467 e. The van der Waals surface area contributed by atoms with Gasteiger partial charge in [0.15, 0.2) is 5.69 Å². The molecule has 4 aromatic rings. The van der Waals surface area contributed by atoms with Crippen LogP contribution in [0.3, 0.4) is 0 Å². The molecule has 0 N–H and O–H groups in total. The van der Waals surface area contributed by atoms with Crippen molar-refractivity contribution in [3.8, 4) is 5.69 Å². The third-order valence-electron chi connectivity index (χ3n) is 4.76. The average molecular weight is 450 g/mol. The SMILES string of the molecule is Cc1cc(=O)c(C(=O)N(Cc2ccco2)Cc2cccs2)nn1-c1ccccc1[N+](=O)[O-]. The van der Waals surface area contributed by atoms with E-state index < -0.39 is 16.3 Å². The molecule has 3 heterocycles. The minimum absolute atomic E-state index is 0.143. The van der Waals surface area contributed by atoms with Crippen LogP contribution in [0.25, 0.3) is 5.69 Å². The molecule has 0 aliphatic carbocycles. The second kappa shape index (κ2) is 8.98. The molecule has 0 fully saturated rings. The molecule has 1 amide bonds. The van der Waals surface area contributed by atoms with Gasteiger partial charge in [-0.3, -0.25) is 19.7 Å². The van der Waals surface area contributed by atoms with Crippen LogP contribution in [0.5, 0.6) is 0 Å². The van der Waals surface area contributed by atoms with Crippen LogP contribution in [0.1, 0.15) is 26.8 Å². The van der Waals surface area contributed by atoms with E-state index in [1.54, 1.807) is 25.1 Å². The van der Waals surface area contributed by atoms with Gasteiger partial charge in [-0.2, -0.15) is 5.10 Å². The first-order chi connectivity index (χ1) is 15.4. The maximum Gasteiger partial charge on any atom is 0.294 e. The summed E-state index contributed by atoms with van der Waals surface area (Å²) in [6, 6.07) is 14.5. The van der Waals surface area contributed by atoms with Crippen molar-refractivity contribution in [3.63, 3.8) is 0 Å². The lowest BCUT2D eigenvalue weighted by Crippen LogP contribution is -2.35. The highest BCUT2D eigenvalue weighted by atomic mass is 32.1. The second-order valence-electron chi connectivity index (χ2n) is 6.98. The summed E-state index contributed by atoms with van der Waals surface area (Å²) in [5.41, 5.74) is -0.525. The van der Waals surface area contributed by atoms with Crippen LogP contribution >= 0.6 is 11.3 Å². The van der Waals surface area contributed by atoms with Gasteiger partial charge in [0.1, 0.15) is 11.4 Å². The number of nitro benzene ring substituents is 1. The van der Waals surface area contributed by atoms with E-state index in [0.29, 0.717) is 11.5 Å². The van der Waals surface area contributed by atoms with Crippen LogP contribution in [0, 0.1) is 17.0 Å². The third-order valence-corrected chi connectivity index (χ3v) is 5.62. The number of carbonyl (C=O) groups excluding carboxylic acids is 1. The lowest BCUT2D eigenvalue weighted by atomic mass is 10.2. The summed E-state index contributed by atoms with van der Waals surface area (Å²) in [5, 5.41) is 17.6. The molecule has 3 aromatic heterocycles. The van der Waals surface area contributed by atoms with Gasteiger partial charge in [-0.05, 0) is 36.6 Å². The summed E-state index contributed by atoms with van der Waals surface area (Å²) in [5.74, 6) is -0.0341. The zero-order valence-corrected chi connectivity index (χ0v) is 17.8. The monoisotopic (exact) mass is 450 g/mol. The van der Waals surface area contributed by atoms with Gasteiger partial charge >= 0.3 is 0 Å². The average Bonchev–Trinajstić information content (AvgIpc) is 3.47. The summed E-state index contributed by atoms with van der Waals surface area (Å²) >= 11 is 1.49. The molecule has 0 unspecified atom stereocenters. The Morgan fingerprint density at radius 3 is 2.69 bits per heavy atom. The molecule has 0 radical (unpaired) electrons. The molecule has 0 aliphatic heterocycles. The van der Waals surface area contributed by atoms with Gasteiger partial charge in [-0.25, -0.2) is 4.68 Å². The Labute approximate surface area is 186 Å². The van der Waals surface area contributed by atoms with Crippen LogP contribution in [0.4, 0.5) is 5.69 Å². The lowest BCUT2D eigenvalue weighted by Gasteiger charge is -2.21. The molecule has 9 nitrogen and oxygen atoms in total. The standard InChI is InChI=1S/C22H18N4O5S/c1-15-12-20(27)21(23-25(15)18-8-2-3-9-19(18)26(29)30)22(28)24(13-16-6-4-10-31-16)14-17-7-5-11-32-17/h2-12H,13-14H2,1H3. The number of hydrogen-bond acceptors (Lipinski definition) is 7. The Hall–Kier alpha value is -4.05. The van der Waals surface area contributed by atoms with Gasteiger partial charge in [-0.15, -0.1) is 11.3 Å². The van der Waals surface area contributed by atoms with E-state index >= 15 is 0 Å². The van der Waals surface area contributed by atoms with Gasteiger partial charge in [-0.1, -0.05) is 18.2 Å². The molecule has 32 heavy (non-hydrogen) atoms. The van der Waals surface area contributed by atoms with Crippen LogP contribution < -0.4 is 5.43 Å². The largest absolute Gasteiger partial charge is 0.467 e. The van der Waals surface area contributed by atoms with Crippen LogP contribution in [0.15, 0.2) is 75.5 Å². The fraction of sp³-hybridized carbons (Fsp3) is 0.136. The molecule has 162 valence electrons. The van der Waals surface area contributed by atoms with Crippen molar-refractivity contribution in [1.82, 2.24) is 14.7 Å². The summed E-state index contributed by atoms with van der Waals surface area (Å²) in [6.45, 7) is 2.01. The number of furan rings is 1. The van der Waals surface area contributed by atoms with Gasteiger partial charge in [0.05, 0.1) is 24.3 Å². The van der Waals surface area contributed by atoms with E-state index in [-0.39, 0.29) is 30.2 Å². The number of nitro groups is 1. The normalized spacial score (nSPS) is 10.8. The van der Waals surface area contributed by atoms with E-state index in [9.17, 15) is 19.7 Å². The lowest BCUT2D eigenvalue weighted by molar-refractivity contribution is -0.384. The van der Waals surface area contributed by atoms with Crippen LogP contribution in [-0.4, -0.2) is 25.5 Å². The fourth-order valence-electron chi connectivity index (χ4n) is 3.27. The van der Waals surface area contributed by atoms with Crippen LogP contribution in [0.2, 0.25) is 0 Å². The maximum absolute atomic E-state index is 13.4. The molecule has 4 rings (SSSR count). The van der Waals surface area contributed by atoms with Crippen molar-refractivity contribution in [3.05, 3.63) is 109 Å². The van der Waals surface area contributed by atoms with Gasteiger partial charge < -0.3 is 9.32 Å². The Kier molecular flexibility index (Phi) is 5.95. The number of para-hydroxylation sites is 2. The first-order valence-electron chi connectivity index (χ1n) is 9.63. The molecule has 0 spiro atoms. The second-order valence-corrected chi connectivity index (χ2v) is 8.01. The maximum atomic E-state index is 13.4. The number of benzene rings is 1. The van der Waals surface area contributed by atoms with Crippen molar-refractivity contribution < 1.29 is 14.1 Å². The number of amides is 1. The summed E-state index contributed by atoms with van der Waals surface area (Å²) < 4.78 is 6.64. The molecule has 0 atom stereocenters. The Morgan fingerprint density at radius 1 is 1.19 bits per heavy atom. The number of carbonyl (C=O) groups is 1. The molecule has 10 heteroatoms. The third kappa shape index (κ3) is 4.35. The van der Waals surface area contributed by atoms with E-state index in [2.05, 4.69) is 5.10 Å². The minimum atomic E-state index is -0.591. The van der Waals surface area contributed by atoms with Crippen molar-refractivity contribution in [2.45, 2.75) is 20.0 Å². The first kappa shape index (κ1) is 21.2. The highest BCUT2D eigenvalue weighted by molar-refractivity contribution is 7.09. The zero-order valence-electron chi connectivity index (χ0n) is 17.0. The fourth-order valence-corrected chi connectivity index (χ4v) is 3.99. The number of rotatable bonds is 7. The van der Waals surface area contributed by atoms with Crippen molar-refractivity contribution in [2.24, 2.45) is 0 Å². The summed E-state index contributed by atoms with van der Waals surface area (Å²) in [4.78, 5) is 39.5. The highest BCUT2D eigenvalue weighted by Crippen LogP contribution is 2.23. The number of hydrogen-bond donors (Lipinski definition) is 0. The number of aromatic nitrogens is 2. The van der Waals surface area contributed by atoms with Gasteiger partial charge in [0, 0.05) is 22.7 Å².